The topological polar surface area (TPSA) is 40.5 Å². The lowest BCUT2D eigenvalue weighted by molar-refractivity contribution is 0.0700. The minimum atomic E-state index is -0.0521. The van der Waals surface area contributed by atoms with Crippen LogP contribution in [0.3, 0.4) is 0 Å². The van der Waals surface area contributed by atoms with Crippen LogP contribution in [0.25, 0.3) is 0 Å². The Morgan fingerprint density at radius 2 is 2.12 bits per heavy atom. The van der Waals surface area contributed by atoms with E-state index in [1.54, 1.807) is 11.0 Å². The van der Waals surface area contributed by atoms with Crippen LogP contribution in [-0.2, 0) is 0 Å². The van der Waals surface area contributed by atoms with Crippen molar-refractivity contribution in [2.75, 3.05) is 6.54 Å². The number of carbonyl (C=O) groups excluding carboxylic acids is 1. The summed E-state index contributed by atoms with van der Waals surface area (Å²) in [5.74, 6) is -0.0569. The molecular weight excluding hydrogens is 238 g/mol. The molecule has 0 heterocycles. The molecular formula is C13H18ClNO2. The number of hydrogen-bond donors (Lipinski definition) is 1. The van der Waals surface area contributed by atoms with E-state index in [0.29, 0.717) is 12.1 Å². The SMILES string of the molecule is CCC(C)N(CC)C(=O)c1ccc(O)c(Cl)c1. The number of halogens is 1. The van der Waals surface area contributed by atoms with E-state index in [4.69, 9.17) is 11.6 Å². The third kappa shape index (κ3) is 3.13. The lowest BCUT2D eigenvalue weighted by Gasteiger charge is -2.27. The lowest BCUT2D eigenvalue weighted by atomic mass is 10.1. The Hall–Kier alpha value is -1.22. The molecule has 94 valence electrons. The Bertz CT molecular complexity index is 406. The van der Waals surface area contributed by atoms with E-state index in [-0.39, 0.29) is 22.7 Å². The van der Waals surface area contributed by atoms with Crippen LogP contribution in [0.5, 0.6) is 5.75 Å². The number of rotatable bonds is 4. The summed E-state index contributed by atoms with van der Waals surface area (Å²) in [6.45, 7) is 6.67. The van der Waals surface area contributed by atoms with Gasteiger partial charge in [-0.1, -0.05) is 18.5 Å². The van der Waals surface area contributed by atoms with Gasteiger partial charge in [0.1, 0.15) is 5.75 Å². The normalized spacial score (nSPS) is 12.2. The number of phenolic OH excluding ortho intramolecular Hbond substituents is 1. The van der Waals surface area contributed by atoms with E-state index in [9.17, 15) is 9.90 Å². The van der Waals surface area contributed by atoms with E-state index < -0.39 is 0 Å². The predicted octanol–water partition coefficient (Wildman–Crippen LogP) is 3.31. The molecule has 3 nitrogen and oxygen atoms in total. The van der Waals surface area contributed by atoms with Crippen LogP contribution in [-0.4, -0.2) is 28.5 Å². The first-order valence-corrected chi connectivity index (χ1v) is 6.18. The zero-order chi connectivity index (χ0) is 13.0. The molecule has 0 saturated carbocycles. The molecule has 4 heteroatoms. The Kier molecular flexibility index (Phi) is 4.82. The smallest absolute Gasteiger partial charge is 0.254 e. The molecule has 17 heavy (non-hydrogen) atoms. The van der Waals surface area contributed by atoms with Gasteiger partial charge in [0.25, 0.3) is 5.91 Å². The summed E-state index contributed by atoms with van der Waals surface area (Å²) in [6.07, 6.45) is 0.908. The molecule has 0 spiro atoms. The van der Waals surface area contributed by atoms with Gasteiger partial charge in [-0.15, -0.1) is 0 Å². The summed E-state index contributed by atoms with van der Waals surface area (Å²) < 4.78 is 0. The molecule has 1 aromatic carbocycles. The van der Waals surface area contributed by atoms with E-state index in [1.165, 1.54) is 12.1 Å². The average molecular weight is 256 g/mol. The van der Waals surface area contributed by atoms with Crippen molar-refractivity contribution in [3.05, 3.63) is 28.8 Å². The fraction of sp³-hybridized carbons (Fsp3) is 0.462. The first kappa shape index (κ1) is 13.8. The molecule has 1 unspecified atom stereocenters. The molecule has 0 aromatic heterocycles. The Labute approximate surface area is 107 Å². The van der Waals surface area contributed by atoms with Crippen molar-refractivity contribution in [2.45, 2.75) is 33.2 Å². The maximum absolute atomic E-state index is 12.2. The van der Waals surface area contributed by atoms with Crippen LogP contribution >= 0.6 is 11.6 Å². The summed E-state index contributed by atoms with van der Waals surface area (Å²) in [5, 5.41) is 9.52. The third-order valence-electron chi connectivity index (χ3n) is 2.92. The molecule has 0 bridgehead atoms. The van der Waals surface area contributed by atoms with Gasteiger partial charge in [0.05, 0.1) is 5.02 Å². The van der Waals surface area contributed by atoms with Crippen LogP contribution in [0.2, 0.25) is 5.02 Å². The highest BCUT2D eigenvalue weighted by Crippen LogP contribution is 2.24. The largest absolute Gasteiger partial charge is 0.506 e. The average Bonchev–Trinajstić information content (AvgIpc) is 2.33. The number of nitrogens with zero attached hydrogens (tertiary/aromatic N) is 1. The number of aromatic hydroxyl groups is 1. The van der Waals surface area contributed by atoms with Gasteiger partial charge in [0, 0.05) is 18.2 Å². The van der Waals surface area contributed by atoms with Gasteiger partial charge in [0.15, 0.2) is 0 Å². The number of carbonyl (C=O) groups is 1. The van der Waals surface area contributed by atoms with Crippen molar-refractivity contribution in [2.24, 2.45) is 0 Å². The Balaban J connectivity index is 2.98. The summed E-state index contributed by atoms with van der Waals surface area (Å²) in [4.78, 5) is 14.0. The van der Waals surface area contributed by atoms with Gasteiger partial charge in [-0.25, -0.2) is 0 Å². The van der Waals surface area contributed by atoms with Crippen LogP contribution < -0.4 is 0 Å². The Morgan fingerprint density at radius 3 is 2.59 bits per heavy atom. The van der Waals surface area contributed by atoms with Crippen LogP contribution in [0, 0.1) is 0 Å². The minimum absolute atomic E-state index is 0.00481. The molecule has 1 aromatic rings. The quantitative estimate of drug-likeness (QED) is 0.897. The second-order valence-corrected chi connectivity index (χ2v) is 4.42. The zero-order valence-electron chi connectivity index (χ0n) is 10.4. The summed E-state index contributed by atoms with van der Waals surface area (Å²) in [7, 11) is 0. The zero-order valence-corrected chi connectivity index (χ0v) is 11.2. The molecule has 0 fully saturated rings. The van der Waals surface area contributed by atoms with Gasteiger partial charge in [-0.05, 0) is 38.5 Å². The second kappa shape index (κ2) is 5.92. The van der Waals surface area contributed by atoms with Crippen molar-refractivity contribution in [3.8, 4) is 5.75 Å². The summed E-state index contributed by atoms with van der Waals surface area (Å²) in [5.41, 5.74) is 0.509. The predicted molar refractivity (Wildman–Crippen MR) is 69.6 cm³/mol. The molecule has 0 aliphatic heterocycles. The number of phenols is 1. The highest BCUT2D eigenvalue weighted by molar-refractivity contribution is 6.32. The first-order chi connectivity index (χ1) is 8.01. The van der Waals surface area contributed by atoms with Crippen LogP contribution in [0.15, 0.2) is 18.2 Å². The van der Waals surface area contributed by atoms with Gasteiger partial charge < -0.3 is 10.0 Å². The van der Waals surface area contributed by atoms with Gasteiger partial charge in [-0.2, -0.15) is 0 Å². The van der Waals surface area contributed by atoms with Crippen molar-refractivity contribution >= 4 is 17.5 Å². The van der Waals surface area contributed by atoms with Crippen molar-refractivity contribution in [1.82, 2.24) is 4.90 Å². The molecule has 1 N–H and O–H groups in total. The molecule has 0 saturated heterocycles. The van der Waals surface area contributed by atoms with Gasteiger partial charge >= 0.3 is 0 Å². The maximum atomic E-state index is 12.2. The minimum Gasteiger partial charge on any atom is -0.506 e. The van der Waals surface area contributed by atoms with Crippen LogP contribution in [0.1, 0.15) is 37.6 Å². The van der Waals surface area contributed by atoms with Crippen LogP contribution in [0.4, 0.5) is 0 Å². The standard InChI is InChI=1S/C13H18ClNO2/c1-4-9(3)15(5-2)13(17)10-6-7-12(16)11(14)8-10/h6-9,16H,4-5H2,1-3H3. The summed E-state index contributed by atoms with van der Waals surface area (Å²) in [6, 6.07) is 4.74. The molecule has 0 aliphatic rings. The van der Waals surface area contributed by atoms with Gasteiger partial charge in [-0.3, -0.25) is 4.79 Å². The second-order valence-electron chi connectivity index (χ2n) is 4.01. The summed E-state index contributed by atoms with van der Waals surface area (Å²) >= 11 is 5.80. The Morgan fingerprint density at radius 1 is 1.47 bits per heavy atom. The molecule has 1 atom stereocenters. The molecule has 0 radical (unpaired) electrons. The maximum Gasteiger partial charge on any atom is 0.254 e. The highest BCUT2D eigenvalue weighted by atomic mass is 35.5. The third-order valence-corrected chi connectivity index (χ3v) is 3.22. The van der Waals surface area contributed by atoms with Crippen molar-refractivity contribution in [1.29, 1.82) is 0 Å². The van der Waals surface area contributed by atoms with Gasteiger partial charge in [0.2, 0.25) is 0 Å². The molecule has 1 rings (SSSR count). The number of amides is 1. The lowest BCUT2D eigenvalue weighted by Crippen LogP contribution is -2.38. The highest BCUT2D eigenvalue weighted by Gasteiger charge is 2.19. The molecule has 1 amide bonds. The first-order valence-electron chi connectivity index (χ1n) is 5.80. The van der Waals surface area contributed by atoms with E-state index in [1.807, 2.05) is 20.8 Å². The fourth-order valence-corrected chi connectivity index (χ4v) is 1.86. The van der Waals surface area contributed by atoms with E-state index in [0.717, 1.165) is 6.42 Å². The van der Waals surface area contributed by atoms with Crippen molar-refractivity contribution < 1.29 is 9.90 Å². The van der Waals surface area contributed by atoms with Crippen molar-refractivity contribution in [3.63, 3.8) is 0 Å². The number of benzene rings is 1. The van der Waals surface area contributed by atoms with E-state index >= 15 is 0 Å². The fourth-order valence-electron chi connectivity index (χ4n) is 1.68. The van der Waals surface area contributed by atoms with E-state index in [2.05, 4.69) is 0 Å². The molecule has 0 aliphatic carbocycles. The monoisotopic (exact) mass is 255 g/mol. The number of hydrogen-bond acceptors (Lipinski definition) is 2.